The monoisotopic (exact) mass is 581 g/mol. The lowest BCUT2D eigenvalue weighted by molar-refractivity contribution is -0.122. The highest BCUT2D eigenvalue weighted by Crippen LogP contribution is 2.54. The van der Waals surface area contributed by atoms with Crippen LogP contribution in [0.2, 0.25) is 5.02 Å². The van der Waals surface area contributed by atoms with Gasteiger partial charge < -0.3 is 5.32 Å². The van der Waals surface area contributed by atoms with Gasteiger partial charge in [0.2, 0.25) is 10.8 Å². The third-order valence-electron chi connectivity index (χ3n) is 6.11. The van der Waals surface area contributed by atoms with Crippen molar-refractivity contribution in [1.82, 2.24) is 4.98 Å². The highest BCUT2D eigenvalue weighted by atomic mass is 79.9. The fraction of sp³-hybridized carbons (Fsp3) is 0.115. The van der Waals surface area contributed by atoms with Gasteiger partial charge >= 0.3 is 0 Å². The van der Waals surface area contributed by atoms with Gasteiger partial charge in [-0.3, -0.25) is 14.5 Å². The van der Waals surface area contributed by atoms with Crippen LogP contribution in [0.4, 0.5) is 11.4 Å². The highest BCUT2D eigenvalue weighted by Gasteiger charge is 2.58. The molecule has 1 atom stereocenters. The van der Waals surface area contributed by atoms with Crippen LogP contribution in [0.25, 0.3) is 11.3 Å². The minimum Gasteiger partial charge on any atom is -0.323 e. The van der Waals surface area contributed by atoms with Gasteiger partial charge in [-0.25, -0.2) is 4.98 Å². The van der Waals surface area contributed by atoms with Crippen LogP contribution in [0.1, 0.15) is 16.1 Å². The highest BCUT2D eigenvalue weighted by molar-refractivity contribution is 9.10. The molecule has 35 heavy (non-hydrogen) atoms. The van der Waals surface area contributed by atoms with E-state index in [9.17, 15) is 9.59 Å². The Balaban J connectivity index is 1.29. The molecule has 5 nitrogen and oxygen atoms in total. The molecular weight excluding hydrogens is 566 g/mol. The number of benzene rings is 3. The Kier molecular flexibility index (Phi) is 5.72. The minimum atomic E-state index is -1.16. The van der Waals surface area contributed by atoms with Crippen molar-refractivity contribution in [2.45, 2.75) is 11.3 Å². The van der Waals surface area contributed by atoms with E-state index in [1.807, 2.05) is 41.8 Å². The van der Waals surface area contributed by atoms with Crippen LogP contribution in [-0.4, -0.2) is 22.6 Å². The number of fused-ring (bicyclic) bond motifs is 2. The number of amides is 2. The van der Waals surface area contributed by atoms with Crippen molar-refractivity contribution in [3.63, 3.8) is 0 Å². The van der Waals surface area contributed by atoms with Crippen LogP contribution in [0.3, 0.4) is 0 Å². The van der Waals surface area contributed by atoms with E-state index in [0.717, 1.165) is 27.2 Å². The Labute approximate surface area is 223 Å². The van der Waals surface area contributed by atoms with Crippen LogP contribution in [-0.2, 0) is 20.9 Å². The number of rotatable bonds is 4. The summed E-state index contributed by atoms with van der Waals surface area (Å²) in [5, 5.41) is 6.52. The Morgan fingerprint density at radius 2 is 1.83 bits per heavy atom. The summed E-state index contributed by atoms with van der Waals surface area (Å²) in [7, 11) is 0. The first-order valence-corrected chi connectivity index (χ1v) is 13.9. The van der Waals surface area contributed by atoms with Crippen molar-refractivity contribution in [1.29, 1.82) is 0 Å². The lowest BCUT2D eigenvalue weighted by Gasteiger charge is -2.32. The third kappa shape index (κ3) is 3.89. The van der Waals surface area contributed by atoms with E-state index in [1.165, 1.54) is 17.3 Å². The van der Waals surface area contributed by atoms with Gasteiger partial charge in [0.15, 0.2) is 0 Å². The zero-order chi connectivity index (χ0) is 24.2. The first-order chi connectivity index (χ1) is 16.9. The zero-order valence-corrected chi connectivity index (χ0v) is 22.1. The molecule has 1 spiro atoms. The topological polar surface area (TPSA) is 62.3 Å². The van der Waals surface area contributed by atoms with Crippen molar-refractivity contribution in [3.05, 3.63) is 97.7 Å². The second-order valence-corrected chi connectivity index (χ2v) is 11.7. The molecule has 174 valence electrons. The molecule has 1 N–H and O–H groups in total. The molecule has 0 bridgehead atoms. The van der Waals surface area contributed by atoms with E-state index in [4.69, 9.17) is 16.6 Å². The molecule has 3 aromatic carbocycles. The summed E-state index contributed by atoms with van der Waals surface area (Å²) >= 11 is 12.7. The van der Waals surface area contributed by atoms with Crippen molar-refractivity contribution >= 4 is 73.8 Å². The Bertz CT molecular complexity index is 1470. The maximum atomic E-state index is 13.2. The number of thioether (sulfide) groups is 1. The summed E-state index contributed by atoms with van der Waals surface area (Å²) in [5.41, 5.74) is 5.11. The maximum Gasteiger partial charge on any atom is 0.266 e. The van der Waals surface area contributed by atoms with E-state index >= 15 is 0 Å². The summed E-state index contributed by atoms with van der Waals surface area (Å²) in [6.45, 7) is 0. The predicted octanol–water partition coefficient (Wildman–Crippen LogP) is 6.70. The molecule has 2 amide bonds. The normalized spacial score (nSPS) is 18.9. The molecule has 2 aliphatic rings. The summed E-state index contributed by atoms with van der Waals surface area (Å²) in [6, 6.07) is 21.2. The molecule has 6 rings (SSSR count). The molecule has 1 fully saturated rings. The summed E-state index contributed by atoms with van der Waals surface area (Å²) in [6.07, 6.45) is 0.773. The van der Waals surface area contributed by atoms with Crippen molar-refractivity contribution in [3.8, 4) is 11.3 Å². The number of nitrogens with zero attached hydrogens (tertiary/aromatic N) is 2. The largest absolute Gasteiger partial charge is 0.323 e. The quantitative estimate of drug-likeness (QED) is 0.291. The third-order valence-corrected chi connectivity index (χ3v) is 9.12. The molecular formula is C26H17BrClN3O2S2. The van der Waals surface area contributed by atoms with E-state index < -0.39 is 4.87 Å². The van der Waals surface area contributed by atoms with Crippen molar-refractivity contribution in [2.75, 3.05) is 16.0 Å². The fourth-order valence-corrected chi connectivity index (χ4v) is 7.06. The number of hydrogen-bond acceptors (Lipinski definition) is 5. The molecule has 0 radical (unpaired) electrons. The lowest BCUT2D eigenvalue weighted by atomic mass is 10.0. The second-order valence-electron chi connectivity index (χ2n) is 8.28. The summed E-state index contributed by atoms with van der Waals surface area (Å²) in [5.74, 6) is -0.130. The van der Waals surface area contributed by atoms with E-state index in [-0.39, 0.29) is 17.6 Å². The standard InChI is InChI=1S/C26H17BrClN3O2S2/c27-17-5-1-15(2-6-17)11-23-29-22(13-34-23)16-3-8-19(9-4-16)31-24(32)14-35-26(31)20-12-18(28)7-10-21(20)30-25(26)33/h1-10,12-13H,11,14H2,(H,30,33). The molecule has 1 saturated heterocycles. The number of carbonyl (C=O) groups excluding carboxylic acids is 2. The van der Waals surface area contributed by atoms with Gasteiger partial charge in [-0.1, -0.05) is 51.8 Å². The van der Waals surface area contributed by atoms with Gasteiger partial charge in [0.1, 0.15) is 0 Å². The molecule has 2 aliphatic heterocycles. The zero-order valence-electron chi connectivity index (χ0n) is 18.1. The van der Waals surface area contributed by atoms with Gasteiger partial charge in [-0.2, -0.15) is 0 Å². The van der Waals surface area contributed by atoms with Crippen LogP contribution in [0.15, 0.2) is 76.6 Å². The fourth-order valence-electron chi connectivity index (χ4n) is 4.48. The van der Waals surface area contributed by atoms with Crippen molar-refractivity contribution in [2.24, 2.45) is 0 Å². The number of carbonyl (C=O) groups is 2. The smallest absolute Gasteiger partial charge is 0.266 e. The van der Waals surface area contributed by atoms with E-state index in [1.54, 1.807) is 34.4 Å². The summed E-state index contributed by atoms with van der Waals surface area (Å²) in [4.78, 5) is 31.4. The maximum absolute atomic E-state index is 13.2. The minimum absolute atomic E-state index is 0.115. The predicted molar refractivity (Wildman–Crippen MR) is 146 cm³/mol. The van der Waals surface area contributed by atoms with Gasteiger partial charge in [0, 0.05) is 43.8 Å². The van der Waals surface area contributed by atoms with Crippen LogP contribution in [0, 0.1) is 0 Å². The molecule has 0 saturated carbocycles. The van der Waals surface area contributed by atoms with Crippen molar-refractivity contribution < 1.29 is 9.59 Å². The SMILES string of the molecule is O=C1CSC2(C(=O)Nc3ccc(Cl)cc32)N1c1ccc(-c2csc(Cc3ccc(Br)cc3)n2)cc1. The first-order valence-electron chi connectivity index (χ1n) is 10.8. The average Bonchev–Trinajstić information content (AvgIpc) is 3.53. The van der Waals surface area contributed by atoms with Gasteiger partial charge in [0.25, 0.3) is 5.91 Å². The Morgan fingerprint density at radius 1 is 1.06 bits per heavy atom. The molecule has 0 aliphatic carbocycles. The van der Waals surface area contributed by atoms with E-state index in [2.05, 4.69) is 33.4 Å². The number of hydrogen-bond donors (Lipinski definition) is 1. The molecule has 9 heteroatoms. The number of thiazole rings is 1. The molecule has 1 unspecified atom stereocenters. The first kappa shape index (κ1) is 22.8. The number of nitrogens with one attached hydrogen (secondary N) is 1. The van der Waals surface area contributed by atoms with Crippen LogP contribution < -0.4 is 10.2 Å². The Hall–Kier alpha value is -2.65. The number of aromatic nitrogens is 1. The van der Waals surface area contributed by atoms with Crippen LogP contribution >= 0.6 is 50.6 Å². The molecule has 1 aromatic heterocycles. The second kappa shape index (κ2) is 8.78. The van der Waals surface area contributed by atoms with Gasteiger partial charge in [-0.05, 0) is 48.0 Å². The number of halogens is 2. The van der Waals surface area contributed by atoms with Gasteiger partial charge in [-0.15, -0.1) is 23.1 Å². The lowest BCUT2D eigenvalue weighted by Crippen LogP contribution is -2.47. The van der Waals surface area contributed by atoms with E-state index in [0.29, 0.717) is 22.0 Å². The summed E-state index contributed by atoms with van der Waals surface area (Å²) < 4.78 is 1.06. The Morgan fingerprint density at radius 3 is 2.60 bits per heavy atom. The van der Waals surface area contributed by atoms with Gasteiger partial charge in [0.05, 0.1) is 16.5 Å². The number of anilines is 2. The van der Waals surface area contributed by atoms with Crippen LogP contribution in [0.5, 0.6) is 0 Å². The molecule has 4 aromatic rings. The molecule has 3 heterocycles. The average molecular weight is 583 g/mol.